The van der Waals surface area contributed by atoms with Gasteiger partial charge in [0.1, 0.15) is 6.73 Å². The number of nitrogens with one attached hydrogen (secondary N) is 1. The van der Waals surface area contributed by atoms with E-state index in [4.69, 9.17) is 0 Å². The largest absolute Gasteiger partial charge is 0.296 e. The molecule has 56 valence electrons. The molecule has 0 bridgehead atoms. The Morgan fingerprint density at radius 2 is 1.75 bits per heavy atom. The van der Waals surface area contributed by atoms with E-state index in [9.17, 15) is 0 Å². The monoisotopic (exact) mass is 124 g/mol. The van der Waals surface area contributed by atoms with Gasteiger partial charge in [0, 0.05) is 0 Å². The summed E-state index contributed by atoms with van der Waals surface area (Å²) < 4.78 is 0. The molecule has 0 heterocycles. The number of rotatable bonds is 2. The van der Waals surface area contributed by atoms with Gasteiger partial charge in [0.2, 0.25) is 0 Å². The average Bonchev–Trinajstić information content (AvgIpc) is 1.41. The van der Waals surface area contributed by atoms with Crippen LogP contribution in [0.5, 0.6) is 0 Å². The van der Waals surface area contributed by atoms with Crippen LogP contribution in [0.15, 0.2) is 0 Å². The Balaban J connectivity index is -0.0000000267. The molecule has 0 aliphatic rings. The first-order valence-corrected chi connectivity index (χ1v) is 1.38. The molecular formula is C5H20N2O. The fourth-order valence-corrected chi connectivity index (χ4v) is 0.0833. The molecule has 0 aliphatic heterocycles. The van der Waals surface area contributed by atoms with E-state index in [-0.39, 0.29) is 22.3 Å². The maximum Gasteiger partial charge on any atom is 0.118 e. The molecule has 3 N–H and O–H groups in total. The third-order valence-corrected chi connectivity index (χ3v) is 0.228. The van der Waals surface area contributed by atoms with Gasteiger partial charge in [-0.1, -0.05) is 22.3 Å². The van der Waals surface area contributed by atoms with Crippen molar-refractivity contribution in [2.45, 2.75) is 22.3 Å². The molecule has 0 saturated carbocycles. The molecule has 0 amide bonds. The molecular weight excluding hydrogens is 104 g/mol. The van der Waals surface area contributed by atoms with Crippen LogP contribution in [0.4, 0.5) is 0 Å². The van der Waals surface area contributed by atoms with Crippen molar-refractivity contribution in [2.24, 2.45) is 5.90 Å². The van der Waals surface area contributed by atoms with Gasteiger partial charge in [-0.15, -0.1) is 0 Å². The predicted molar refractivity (Wildman–Crippen MR) is 39.4 cm³/mol. The Labute approximate surface area is 53.2 Å². The standard InChI is InChI=1S/C2H8N2O.3CH4/c1-4-2-5-3;;;/h4H,2-3H2,1H3;3*1H4. The third-order valence-electron chi connectivity index (χ3n) is 0.228. The Morgan fingerprint density at radius 3 is 1.75 bits per heavy atom. The van der Waals surface area contributed by atoms with E-state index in [1.807, 2.05) is 0 Å². The van der Waals surface area contributed by atoms with Crippen LogP contribution in [-0.2, 0) is 4.84 Å². The molecule has 0 rings (SSSR count). The van der Waals surface area contributed by atoms with Gasteiger partial charge in [-0.2, -0.15) is 0 Å². The van der Waals surface area contributed by atoms with Gasteiger partial charge in [0.05, 0.1) is 0 Å². The second-order valence-corrected chi connectivity index (χ2v) is 0.665. The van der Waals surface area contributed by atoms with Crippen LogP contribution in [-0.4, -0.2) is 13.8 Å². The summed E-state index contributed by atoms with van der Waals surface area (Å²) in [7, 11) is 1.76. The molecule has 3 nitrogen and oxygen atoms in total. The van der Waals surface area contributed by atoms with Crippen molar-refractivity contribution in [1.82, 2.24) is 5.32 Å². The minimum absolute atomic E-state index is 0. The molecule has 0 spiro atoms. The molecule has 0 aromatic carbocycles. The summed E-state index contributed by atoms with van der Waals surface area (Å²) in [5.41, 5.74) is 0. The van der Waals surface area contributed by atoms with Crippen LogP contribution in [0.1, 0.15) is 22.3 Å². The van der Waals surface area contributed by atoms with Crippen LogP contribution >= 0.6 is 0 Å². The molecule has 8 heavy (non-hydrogen) atoms. The minimum atomic E-state index is 0. The molecule has 0 unspecified atom stereocenters. The van der Waals surface area contributed by atoms with E-state index in [0.29, 0.717) is 6.73 Å². The molecule has 0 atom stereocenters. The van der Waals surface area contributed by atoms with Crippen LogP contribution in [0.3, 0.4) is 0 Å². The van der Waals surface area contributed by atoms with Crippen molar-refractivity contribution in [2.75, 3.05) is 13.8 Å². The normalized spacial score (nSPS) is 5.25. The highest BCUT2D eigenvalue weighted by Gasteiger charge is 1.62. The van der Waals surface area contributed by atoms with E-state index in [2.05, 4.69) is 16.1 Å². The van der Waals surface area contributed by atoms with Gasteiger partial charge in [-0.3, -0.25) is 10.2 Å². The first-order valence-electron chi connectivity index (χ1n) is 1.38. The molecule has 0 aliphatic carbocycles. The van der Waals surface area contributed by atoms with Crippen molar-refractivity contribution in [3.63, 3.8) is 0 Å². The number of nitrogens with two attached hydrogens (primary N) is 1. The van der Waals surface area contributed by atoms with E-state index < -0.39 is 0 Å². The van der Waals surface area contributed by atoms with Gasteiger partial charge in [-0.25, -0.2) is 5.90 Å². The third kappa shape index (κ3) is 39.6. The van der Waals surface area contributed by atoms with Crippen LogP contribution in [0, 0.1) is 0 Å². The molecule has 0 aromatic rings. The van der Waals surface area contributed by atoms with E-state index in [0.717, 1.165) is 0 Å². The highest BCUT2D eigenvalue weighted by Crippen LogP contribution is 1.41. The highest BCUT2D eigenvalue weighted by molar-refractivity contribution is 4.06. The first kappa shape index (κ1) is 24.8. The summed E-state index contributed by atoms with van der Waals surface area (Å²) in [5, 5.41) is 2.67. The Kier molecular flexibility index (Phi) is 88.8. The Bertz CT molecular complexity index is 17.9. The zero-order valence-corrected chi connectivity index (χ0v) is 3.19. The lowest BCUT2D eigenvalue weighted by Gasteiger charge is -1.87. The molecule has 3 heteroatoms. The lowest BCUT2D eigenvalue weighted by Crippen LogP contribution is -2.14. The summed E-state index contributed by atoms with van der Waals surface area (Å²) in [6.07, 6.45) is 0. The van der Waals surface area contributed by atoms with Crippen molar-refractivity contribution >= 4 is 0 Å². The van der Waals surface area contributed by atoms with E-state index in [1.165, 1.54) is 0 Å². The maximum atomic E-state index is 4.58. The Morgan fingerprint density at radius 1 is 1.38 bits per heavy atom. The van der Waals surface area contributed by atoms with Crippen molar-refractivity contribution in [1.29, 1.82) is 0 Å². The lowest BCUT2D eigenvalue weighted by atomic mass is 11.2. The van der Waals surface area contributed by atoms with Crippen LogP contribution in [0.2, 0.25) is 0 Å². The average molecular weight is 124 g/mol. The van der Waals surface area contributed by atoms with Crippen molar-refractivity contribution in [3.05, 3.63) is 0 Å². The molecule has 0 saturated heterocycles. The fraction of sp³-hybridized carbons (Fsp3) is 1.00. The van der Waals surface area contributed by atoms with Crippen LogP contribution < -0.4 is 11.2 Å². The summed E-state index contributed by atoms with van der Waals surface area (Å²) in [4.78, 5) is 4.08. The topological polar surface area (TPSA) is 47.3 Å². The molecule has 0 aromatic heterocycles. The number of hydrogen-bond acceptors (Lipinski definition) is 3. The SMILES string of the molecule is C.C.C.CNCON. The molecule has 0 fully saturated rings. The van der Waals surface area contributed by atoms with E-state index in [1.54, 1.807) is 7.05 Å². The van der Waals surface area contributed by atoms with E-state index >= 15 is 0 Å². The van der Waals surface area contributed by atoms with Crippen molar-refractivity contribution in [3.8, 4) is 0 Å². The fourth-order valence-electron chi connectivity index (χ4n) is 0.0833. The van der Waals surface area contributed by atoms with Gasteiger partial charge in [0.25, 0.3) is 0 Å². The maximum absolute atomic E-state index is 4.58. The second-order valence-electron chi connectivity index (χ2n) is 0.665. The molecule has 0 radical (unpaired) electrons. The highest BCUT2D eigenvalue weighted by atomic mass is 16.6. The van der Waals surface area contributed by atoms with Gasteiger partial charge in [0.15, 0.2) is 0 Å². The van der Waals surface area contributed by atoms with Gasteiger partial charge < -0.3 is 0 Å². The van der Waals surface area contributed by atoms with Gasteiger partial charge >= 0.3 is 0 Å². The first-order chi connectivity index (χ1) is 2.41. The summed E-state index contributed by atoms with van der Waals surface area (Å²) in [5.74, 6) is 4.58. The summed E-state index contributed by atoms with van der Waals surface area (Å²) in [6.45, 7) is 0.417. The Hall–Kier alpha value is -0.120. The predicted octanol–water partition coefficient (Wildman–Crippen LogP) is 0.962. The smallest absolute Gasteiger partial charge is 0.118 e. The summed E-state index contributed by atoms with van der Waals surface area (Å²) in [6, 6.07) is 0. The van der Waals surface area contributed by atoms with Crippen molar-refractivity contribution < 1.29 is 4.84 Å². The quantitative estimate of drug-likeness (QED) is 0.426. The zero-order chi connectivity index (χ0) is 4.12. The zero-order valence-electron chi connectivity index (χ0n) is 3.19. The summed E-state index contributed by atoms with van der Waals surface area (Å²) >= 11 is 0. The lowest BCUT2D eigenvalue weighted by molar-refractivity contribution is 0.125. The number of hydrogen-bond donors (Lipinski definition) is 2. The minimum Gasteiger partial charge on any atom is -0.296 e. The second kappa shape index (κ2) is 28.7. The van der Waals surface area contributed by atoms with Crippen LogP contribution in [0.25, 0.3) is 0 Å². The van der Waals surface area contributed by atoms with Gasteiger partial charge in [-0.05, 0) is 7.05 Å².